The van der Waals surface area contributed by atoms with Crippen molar-refractivity contribution in [2.24, 2.45) is 0 Å². The van der Waals surface area contributed by atoms with Crippen molar-refractivity contribution in [3.05, 3.63) is 0 Å². The van der Waals surface area contributed by atoms with Gasteiger partial charge in [0, 0.05) is 6.42 Å². The molecule has 1 unspecified atom stereocenters. The molecule has 0 bridgehead atoms. The van der Waals surface area contributed by atoms with Crippen molar-refractivity contribution < 1.29 is 63.1 Å². The Morgan fingerprint density at radius 3 is 1.59 bits per heavy atom. The van der Waals surface area contributed by atoms with Gasteiger partial charge in [-0.2, -0.15) is 26.5 Å². The van der Waals surface area contributed by atoms with Gasteiger partial charge in [-0.15, -0.1) is 0 Å². The Kier molecular flexibility index (Phi) is 10.3. The van der Waals surface area contributed by atoms with E-state index in [1.165, 1.54) is 41.5 Å². The van der Waals surface area contributed by atoms with Crippen LogP contribution in [-0.4, -0.2) is 73.9 Å². The van der Waals surface area contributed by atoms with E-state index in [1.807, 2.05) is 0 Å². The summed E-state index contributed by atoms with van der Waals surface area (Å²) in [6.45, 7) is 6.28. The van der Waals surface area contributed by atoms with Gasteiger partial charge in [0.1, 0.15) is 23.9 Å². The predicted octanol–water partition coefficient (Wildman–Crippen LogP) is 3.98. The number of carbonyl (C=O) groups excluding carboxylic acids is 3. The molecule has 0 rings (SSSR count). The van der Waals surface area contributed by atoms with Crippen molar-refractivity contribution >= 4 is 28.3 Å². The number of carbonyl (C=O) groups is 3. The van der Waals surface area contributed by atoms with Crippen molar-refractivity contribution in [2.45, 2.75) is 83.1 Å². The smallest absolute Gasteiger partial charge is 0.467 e. The summed E-state index contributed by atoms with van der Waals surface area (Å²) in [6, 6.07) is -2.06. The molecule has 16 heteroatoms. The highest BCUT2D eigenvalue weighted by Crippen LogP contribution is 2.30. The minimum atomic E-state index is -6.30. The lowest BCUT2D eigenvalue weighted by molar-refractivity contribution is -0.147. The summed E-state index contributed by atoms with van der Waals surface area (Å²) < 4.78 is 105. The van der Waals surface area contributed by atoms with Gasteiger partial charge >= 0.3 is 33.8 Å². The summed E-state index contributed by atoms with van der Waals surface area (Å²) in [5.74, 6) is -5.57. The summed E-state index contributed by atoms with van der Waals surface area (Å²) in [6.07, 6.45) is -5.44. The van der Waals surface area contributed by atoms with Gasteiger partial charge in [-0.1, -0.05) is 0 Å². The van der Waals surface area contributed by atoms with Crippen LogP contribution in [-0.2, 0) is 33.3 Å². The summed E-state index contributed by atoms with van der Waals surface area (Å²) in [5, 5.41) is 0. The average Bonchev–Trinajstić information content (AvgIpc) is 2.58. The van der Waals surface area contributed by atoms with Crippen molar-refractivity contribution in [3.63, 3.8) is 0 Å². The predicted molar refractivity (Wildman–Crippen MR) is 105 cm³/mol. The molecule has 0 N–H and O–H groups in total. The SMILES string of the molecule is COC(=O)C(CCC(F)(F)COS(=O)(=O)C(F)(F)F)N(C(=O)OC(C)(C)C)C(=O)OC(C)(C)C. The lowest BCUT2D eigenvalue weighted by Crippen LogP contribution is -2.52. The fourth-order valence-corrected chi connectivity index (χ4v) is 2.55. The monoisotopic (exact) mass is 529 g/mol. The van der Waals surface area contributed by atoms with E-state index in [0.29, 0.717) is 0 Å². The number of amides is 2. The fourth-order valence-electron chi connectivity index (χ4n) is 2.09. The van der Waals surface area contributed by atoms with E-state index in [4.69, 9.17) is 9.47 Å². The number of imide groups is 1. The molecule has 0 aromatic heterocycles. The molecule has 2 amide bonds. The average molecular weight is 529 g/mol. The van der Waals surface area contributed by atoms with E-state index in [0.717, 1.165) is 7.11 Å². The first kappa shape index (κ1) is 31.8. The van der Waals surface area contributed by atoms with Gasteiger partial charge in [-0.05, 0) is 48.0 Å². The molecule has 0 aliphatic carbocycles. The number of alkyl halides is 5. The van der Waals surface area contributed by atoms with Gasteiger partial charge < -0.3 is 14.2 Å². The third-order valence-electron chi connectivity index (χ3n) is 3.46. The van der Waals surface area contributed by atoms with Crippen LogP contribution in [0, 0.1) is 0 Å². The van der Waals surface area contributed by atoms with Crippen molar-refractivity contribution in [2.75, 3.05) is 13.7 Å². The second kappa shape index (κ2) is 11.0. The minimum absolute atomic E-state index is 0.103. The van der Waals surface area contributed by atoms with Crippen LogP contribution in [0.15, 0.2) is 0 Å². The topological polar surface area (TPSA) is 126 Å². The Hall–Kier alpha value is -2.23. The molecule has 0 saturated carbocycles. The van der Waals surface area contributed by atoms with E-state index in [2.05, 4.69) is 8.92 Å². The molecule has 0 spiro atoms. The number of halogens is 5. The minimum Gasteiger partial charge on any atom is -0.467 e. The number of hydrogen-bond acceptors (Lipinski definition) is 9. The second-order valence-electron chi connectivity index (χ2n) is 8.93. The van der Waals surface area contributed by atoms with Gasteiger partial charge in [-0.25, -0.2) is 23.2 Å². The molecule has 34 heavy (non-hydrogen) atoms. The van der Waals surface area contributed by atoms with E-state index in [1.54, 1.807) is 0 Å². The highest BCUT2D eigenvalue weighted by molar-refractivity contribution is 7.87. The molecule has 0 saturated heterocycles. The van der Waals surface area contributed by atoms with Gasteiger partial charge in [0.2, 0.25) is 0 Å². The molecule has 0 aliphatic heterocycles. The van der Waals surface area contributed by atoms with Crippen LogP contribution < -0.4 is 0 Å². The van der Waals surface area contributed by atoms with E-state index < -0.39 is 76.4 Å². The summed E-state index contributed by atoms with van der Waals surface area (Å²) >= 11 is 0. The molecule has 0 heterocycles. The van der Waals surface area contributed by atoms with Crippen molar-refractivity contribution in [1.29, 1.82) is 0 Å². The van der Waals surface area contributed by atoms with Crippen LogP contribution in [0.1, 0.15) is 54.4 Å². The quantitative estimate of drug-likeness (QED) is 0.151. The Labute approximate surface area is 193 Å². The largest absolute Gasteiger partial charge is 0.523 e. The van der Waals surface area contributed by atoms with E-state index >= 15 is 0 Å². The molecular formula is C18H28F5NO9S. The molecule has 0 fully saturated rings. The molecule has 0 aromatic carbocycles. The zero-order valence-electron chi connectivity index (χ0n) is 19.6. The van der Waals surface area contributed by atoms with Crippen LogP contribution in [0.2, 0.25) is 0 Å². The highest BCUT2D eigenvalue weighted by Gasteiger charge is 2.49. The van der Waals surface area contributed by atoms with Crippen molar-refractivity contribution in [1.82, 2.24) is 4.90 Å². The highest BCUT2D eigenvalue weighted by atomic mass is 32.2. The summed E-state index contributed by atoms with van der Waals surface area (Å²) in [7, 11) is -5.48. The van der Waals surface area contributed by atoms with Crippen LogP contribution in [0.5, 0.6) is 0 Å². The second-order valence-corrected chi connectivity index (χ2v) is 10.5. The zero-order chi connectivity index (χ0) is 27.3. The molecule has 10 nitrogen and oxygen atoms in total. The molecular weight excluding hydrogens is 501 g/mol. The maximum atomic E-state index is 14.1. The van der Waals surface area contributed by atoms with E-state index in [9.17, 15) is 44.8 Å². The van der Waals surface area contributed by atoms with Crippen LogP contribution in [0.3, 0.4) is 0 Å². The standard InChI is InChI=1S/C18H28F5NO9S/c1-15(2,3)32-13(26)24(14(27)33-16(4,5)6)11(12(25)30-7)8-9-17(19,20)10-31-34(28,29)18(21,22)23/h11H,8-10H2,1-7H3. The number of nitrogens with zero attached hydrogens (tertiary/aromatic N) is 1. The Balaban J connectivity index is 5.91. The van der Waals surface area contributed by atoms with Gasteiger partial charge in [0.15, 0.2) is 0 Å². The molecule has 1 atom stereocenters. The molecule has 200 valence electrons. The van der Waals surface area contributed by atoms with Crippen LogP contribution in [0.25, 0.3) is 0 Å². The molecule has 0 aliphatic rings. The molecule has 0 radical (unpaired) electrons. The number of rotatable bonds is 8. The van der Waals surface area contributed by atoms with Crippen LogP contribution >= 0.6 is 0 Å². The normalized spacial score (nSPS) is 14.2. The number of esters is 1. The number of hydrogen-bond donors (Lipinski definition) is 0. The Morgan fingerprint density at radius 1 is 0.853 bits per heavy atom. The van der Waals surface area contributed by atoms with Crippen LogP contribution in [0.4, 0.5) is 31.5 Å². The lowest BCUT2D eigenvalue weighted by atomic mass is 10.1. The lowest BCUT2D eigenvalue weighted by Gasteiger charge is -2.32. The fraction of sp³-hybridized carbons (Fsp3) is 0.833. The first-order chi connectivity index (χ1) is 14.9. The maximum absolute atomic E-state index is 14.1. The molecule has 0 aromatic rings. The number of methoxy groups -OCH3 is 1. The Morgan fingerprint density at radius 2 is 1.26 bits per heavy atom. The van der Waals surface area contributed by atoms with Gasteiger partial charge in [0.25, 0.3) is 5.92 Å². The van der Waals surface area contributed by atoms with Gasteiger partial charge in [-0.3, -0.25) is 4.18 Å². The summed E-state index contributed by atoms with van der Waals surface area (Å²) in [4.78, 5) is 37.6. The number of ether oxygens (including phenoxy) is 3. The van der Waals surface area contributed by atoms with E-state index in [-0.39, 0.29) is 4.90 Å². The Bertz CT molecular complexity index is 817. The van der Waals surface area contributed by atoms with Crippen molar-refractivity contribution in [3.8, 4) is 0 Å². The third kappa shape index (κ3) is 10.8. The third-order valence-corrected chi connectivity index (χ3v) is 4.45. The summed E-state index contributed by atoms with van der Waals surface area (Å²) in [5.41, 5.74) is -8.31. The van der Waals surface area contributed by atoms with Gasteiger partial charge in [0.05, 0.1) is 7.11 Å². The first-order valence-corrected chi connectivity index (χ1v) is 11.0. The first-order valence-electron chi connectivity index (χ1n) is 9.59. The maximum Gasteiger partial charge on any atom is 0.523 e. The zero-order valence-corrected chi connectivity index (χ0v) is 20.4.